The lowest BCUT2D eigenvalue weighted by molar-refractivity contribution is 0.484. The Balaban J connectivity index is 2.30. The maximum Gasteiger partial charge on any atom is 0.125 e. The van der Waals surface area contributed by atoms with E-state index >= 15 is 0 Å². The predicted molar refractivity (Wildman–Crippen MR) is 67.0 cm³/mol. The van der Waals surface area contributed by atoms with Crippen molar-refractivity contribution in [2.75, 3.05) is 17.2 Å². The molecule has 1 aromatic heterocycles. The minimum Gasteiger partial charge on any atom is -0.384 e. The van der Waals surface area contributed by atoms with E-state index in [1.54, 1.807) is 6.20 Å². The molecule has 0 radical (unpaired) electrons. The molecule has 1 saturated heterocycles. The molecule has 1 aliphatic heterocycles. The third-order valence-electron chi connectivity index (χ3n) is 2.97. The van der Waals surface area contributed by atoms with E-state index in [0.717, 1.165) is 11.0 Å². The Morgan fingerprint density at radius 3 is 3.07 bits per heavy atom. The smallest absolute Gasteiger partial charge is 0.125 e. The van der Waals surface area contributed by atoms with Crippen molar-refractivity contribution in [2.24, 2.45) is 0 Å². The average molecular weight is 270 g/mol. The molecule has 1 aliphatic rings. The molecule has 4 heteroatoms. The van der Waals surface area contributed by atoms with E-state index in [0.29, 0.717) is 11.9 Å². The Kier molecular flexibility index (Phi) is 3.14. The van der Waals surface area contributed by atoms with E-state index in [4.69, 9.17) is 5.73 Å². The van der Waals surface area contributed by atoms with E-state index in [-0.39, 0.29) is 0 Å². The first-order chi connectivity index (χ1) is 7.18. The lowest BCUT2D eigenvalue weighted by Gasteiger charge is -2.36. The van der Waals surface area contributed by atoms with Gasteiger partial charge in [-0.2, -0.15) is 0 Å². The molecule has 0 aliphatic carbocycles. The van der Waals surface area contributed by atoms with Crippen LogP contribution in [0.25, 0.3) is 0 Å². The summed E-state index contributed by atoms with van der Waals surface area (Å²) >= 11 is 3.53. The number of halogens is 1. The summed E-state index contributed by atoms with van der Waals surface area (Å²) in [5.41, 5.74) is 6.90. The third kappa shape index (κ3) is 2.25. The van der Waals surface area contributed by atoms with Crippen LogP contribution in [0.3, 0.4) is 0 Å². The minimum absolute atomic E-state index is 0.589. The van der Waals surface area contributed by atoms with Crippen molar-refractivity contribution in [3.8, 4) is 0 Å². The zero-order chi connectivity index (χ0) is 10.8. The van der Waals surface area contributed by atoms with E-state index in [9.17, 15) is 0 Å². The van der Waals surface area contributed by atoms with Crippen LogP contribution < -0.4 is 10.6 Å². The number of piperidine rings is 1. The molecule has 2 heterocycles. The predicted octanol–water partition coefficient (Wildman–Crippen LogP) is 2.81. The molecule has 0 spiro atoms. The lowest BCUT2D eigenvalue weighted by atomic mass is 10.0. The molecule has 0 saturated carbocycles. The number of hydrogen-bond donors (Lipinski definition) is 1. The molecule has 1 unspecified atom stereocenters. The number of nitrogens with two attached hydrogens (primary N) is 1. The van der Waals surface area contributed by atoms with Gasteiger partial charge >= 0.3 is 0 Å². The Labute approximate surface area is 98.8 Å². The highest BCUT2D eigenvalue weighted by Gasteiger charge is 2.20. The molecule has 82 valence electrons. The van der Waals surface area contributed by atoms with Crippen molar-refractivity contribution in [1.29, 1.82) is 0 Å². The van der Waals surface area contributed by atoms with Gasteiger partial charge in [0.15, 0.2) is 0 Å². The van der Waals surface area contributed by atoms with Crippen LogP contribution in [0.4, 0.5) is 11.5 Å². The number of rotatable bonds is 1. The van der Waals surface area contributed by atoms with Crippen molar-refractivity contribution in [3.63, 3.8) is 0 Å². The summed E-state index contributed by atoms with van der Waals surface area (Å²) < 4.78 is 1.03. The highest BCUT2D eigenvalue weighted by molar-refractivity contribution is 9.10. The van der Waals surface area contributed by atoms with Gasteiger partial charge in [-0.3, -0.25) is 0 Å². The normalized spacial score (nSPS) is 21.7. The van der Waals surface area contributed by atoms with Gasteiger partial charge in [-0.15, -0.1) is 0 Å². The summed E-state index contributed by atoms with van der Waals surface area (Å²) in [7, 11) is 0. The van der Waals surface area contributed by atoms with Crippen molar-refractivity contribution in [2.45, 2.75) is 32.2 Å². The lowest BCUT2D eigenvalue weighted by Crippen LogP contribution is -2.37. The molecule has 2 rings (SSSR count). The number of aromatic nitrogens is 1. The second-order valence-corrected chi connectivity index (χ2v) is 4.95. The van der Waals surface area contributed by atoms with Gasteiger partial charge in [-0.25, -0.2) is 4.98 Å². The number of pyridine rings is 1. The molecule has 0 amide bonds. The fourth-order valence-electron chi connectivity index (χ4n) is 2.12. The van der Waals surface area contributed by atoms with Crippen LogP contribution in [0.2, 0.25) is 0 Å². The Hall–Kier alpha value is -0.770. The highest BCUT2D eigenvalue weighted by Crippen LogP contribution is 2.31. The fourth-order valence-corrected chi connectivity index (χ4v) is 2.56. The zero-order valence-electron chi connectivity index (χ0n) is 8.91. The van der Waals surface area contributed by atoms with E-state index in [2.05, 4.69) is 32.7 Å². The average Bonchev–Trinajstić information content (AvgIpc) is 2.23. The van der Waals surface area contributed by atoms with Crippen LogP contribution in [0.1, 0.15) is 26.2 Å². The van der Waals surface area contributed by atoms with E-state index in [1.807, 2.05) is 6.07 Å². The first-order valence-electron chi connectivity index (χ1n) is 5.36. The Bertz CT molecular complexity index is 354. The summed E-state index contributed by atoms with van der Waals surface area (Å²) in [5.74, 6) is 0.589. The van der Waals surface area contributed by atoms with E-state index in [1.165, 1.54) is 24.9 Å². The summed E-state index contributed by atoms with van der Waals surface area (Å²) in [6.45, 7) is 3.38. The SMILES string of the molecule is CC1CCCCN1c1cc(N)ncc1Br. The molecule has 1 aromatic rings. The minimum atomic E-state index is 0.589. The fraction of sp³-hybridized carbons (Fsp3) is 0.545. The zero-order valence-corrected chi connectivity index (χ0v) is 10.5. The quantitative estimate of drug-likeness (QED) is 0.853. The van der Waals surface area contributed by atoms with Crippen LogP contribution in [-0.4, -0.2) is 17.6 Å². The maximum atomic E-state index is 5.72. The van der Waals surface area contributed by atoms with Crippen molar-refractivity contribution < 1.29 is 0 Å². The molecular weight excluding hydrogens is 254 g/mol. The number of anilines is 2. The standard InChI is InChI=1S/C11H16BrN3/c1-8-4-2-3-5-15(8)10-6-11(13)14-7-9(10)12/h6-8H,2-5H2,1H3,(H2,13,14). The Morgan fingerprint density at radius 1 is 1.53 bits per heavy atom. The first kappa shape index (κ1) is 10.7. The molecule has 1 atom stereocenters. The summed E-state index contributed by atoms with van der Waals surface area (Å²) in [6.07, 6.45) is 5.63. The summed E-state index contributed by atoms with van der Waals surface area (Å²) in [4.78, 5) is 6.47. The van der Waals surface area contributed by atoms with Crippen LogP contribution in [0.15, 0.2) is 16.7 Å². The van der Waals surface area contributed by atoms with Gasteiger partial charge in [0.25, 0.3) is 0 Å². The molecule has 0 bridgehead atoms. The number of hydrogen-bond acceptors (Lipinski definition) is 3. The van der Waals surface area contributed by atoms with Gasteiger partial charge in [-0.1, -0.05) is 0 Å². The van der Waals surface area contributed by atoms with Crippen molar-refractivity contribution in [3.05, 3.63) is 16.7 Å². The second-order valence-electron chi connectivity index (χ2n) is 4.10. The van der Waals surface area contributed by atoms with Gasteiger partial charge in [0.1, 0.15) is 5.82 Å². The van der Waals surface area contributed by atoms with E-state index < -0.39 is 0 Å². The highest BCUT2D eigenvalue weighted by atomic mass is 79.9. The van der Waals surface area contributed by atoms with Crippen LogP contribution in [-0.2, 0) is 0 Å². The van der Waals surface area contributed by atoms with Crippen LogP contribution in [0, 0.1) is 0 Å². The van der Waals surface area contributed by atoms with Crippen LogP contribution >= 0.6 is 15.9 Å². The molecular formula is C11H16BrN3. The van der Waals surface area contributed by atoms with Gasteiger partial charge in [0.05, 0.1) is 10.2 Å². The molecule has 15 heavy (non-hydrogen) atoms. The summed E-state index contributed by atoms with van der Waals surface area (Å²) in [6, 6.07) is 2.54. The topological polar surface area (TPSA) is 42.1 Å². The first-order valence-corrected chi connectivity index (χ1v) is 6.15. The van der Waals surface area contributed by atoms with Gasteiger partial charge in [-0.05, 0) is 42.1 Å². The van der Waals surface area contributed by atoms with Crippen molar-refractivity contribution >= 4 is 27.4 Å². The van der Waals surface area contributed by atoms with Gasteiger partial charge in [0, 0.05) is 24.8 Å². The third-order valence-corrected chi connectivity index (χ3v) is 3.58. The van der Waals surface area contributed by atoms with Gasteiger partial charge in [0.2, 0.25) is 0 Å². The number of nitrogen functional groups attached to an aromatic ring is 1. The molecule has 3 nitrogen and oxygen atoms in total. The van der Waals surface area contributed by atoms with Gasteiger partial charge < -0.3 is 10.6 Å². The van der Waals surface area contributed by atoms with Crippen LogP contribution in [0.5, 0.6) is 0 Å². The monoisotopic (exact) mass is 269 g/mol. The molecule has 0 aromatic carbocycles. The molecule has 2 N–H and O–H groups in total. The number of nitrogens with zero attached hydrogens (tertiary/aromatic N) is 2. The maximum absolute atomic E-state index is 5.72. The van der Waals surface area contributed by atoms with Crippen molar-refractivity contribution in [1.82, 2.24) is 4.98 Å². The Morgan fingerprint density at radius 2 is 2.33 bits per heavy atom. The second kappa shape index (κ2) is 4.39. The molecule has 1 fully saturated rings. The largest absolute Gasteiger partial charge is 0.384 e. The summed E-state index contributed by atoms with van der Waals surface area (Å²) in [5, 5.41) is 0.